The second-order valence-electron chi connectivity index (χ2n) is 7.51. The highest BCUT2D eigenvalue weighted by Gasteiger charge is 2.50. The molecule has 1 fully saturated rings. The average molecular weight is 560 g/mol. The molecule has 1 aliphatic carbocycles. The molecule has 3 rings (SSSR count). The maximum absolute atomic E-state index is 12.7. The Labute approximate surface area is 192 Å². The Kier molecular flexibility index (Phi) is 8.80. The Morgan fingerprint density at radius 2 is 1.87 bits per heavy atom. The number of fused-ring (bicyclic) bond motifs is 1. The van der Waals surface area contributed by atoms with Gasteiger partial charge in [0.1, 0.15) is 0 Å². The molecule has 2 N–H and O–H groups in total. The van der Waals surface area contributed by atoms with E-state index in [4.69, 9.17) is 0 Å². The molecule has 0 aromatic heterocycles. The Balaban J connectivity index is 0.00000320. The topological polar surface area (TPSA) is 73.8 Å². The molecular formula is C19H28F3IN4O2S. The summed E-state index contributed by atoms with van der Waals surface area (Å²) in [5.74, 6) is 0.974. The summed E-state index contributed by atoms with van der Waals surface area (Å²) in [5, 5.41) is 6.54. The van der Waals surface area contributed by atoms with E-state index in [0.717, 1.165) is 25.8 Å². The molecule has 0 bridgehead atoms. The van der Waals surface area contributed by atoms with Gasteiger partial charge in [-0.05, 0) is 43.2 Å². The molecule has 11 heteroatoms. The second-order valence-corrected chi connectivity index (χ2v) is 9.44. The van der Waals surface area contributed by atoms with Crippen LogP contribution >= 0.6 is 24.0 Å². The zero-order chi connectivity index (χ0) is 21.1. The van der Waals surface area contributed by atoms with Crippen LogP contribution in [0.25, 0.3) is 0 Å². The van der Waals surface area contributed by atoms with Gasteiger partial charge >= 0.3 is 15.5 Å². The van der Waals surface area contributed by atoms with Gasteiger partial charge in [-0.3, -0.25) is 4.99 Å². The predicted octanol–water partition coefficient (Wildman–Crippen LogP) is 3.20. The molecule has 1 atom stereocenters. The van der Waals surface area contributed by atoms with Crippen molar-refractivity contribution in [1.29, 1.82) is 0 Å². The van der Waals surface area contributed by atoms with Gasteiger partial charge < -0.3 is 10.6 Å². The molecule has 2 aliphatic rings. The summed E-state index contributed by atoms with van der Waals surface area (Å²) in [4.78, 5) is 4.21. The first-order chi connectivity index (χ1) is 13.7. The third-order valence-electron chi connectivity index (χ3n) is 5.66. The minimum Gasteiger partial charge on any atom is -0.356 e. The standard InChI is InChI=1S/C19H27F3N4O2S.HI/c1-23-18(24-13-15-7-4-6-14-5-2-3-8-17(14)15)25-16-9-11-26(12-10-16)29(27,28)19(20,21)22;/h2-3,5,8,15-16H,4,6-7,9-13H2,1H3,(H2,23,24,25);1H. The fourth-order valence-electron chi connectivity index (χ4n) is 4.06. The van der Waals surface area contributed by atoms with Crippen LogP contribution in [0.1, 0.15) is 42.7 Å². The van der Waals surface area contributed by atoms with E-state index in [2.05, 4.69) is 33.8 Å². The van der Waals surface area contributed by atoms with Crippen molar-refractivity contribution in [2.45, 2.75) is 49.6 Å². The molecule has 1 saturated heterocycles. The zero-order valence-corrected chi connectivity index (χ0v) is 19.9. The smallest absolute Gasteiger partial charge is 0.356 e. The van der Waals surface area contributed by atoms with E-state index in [1.54, 1.807) is 7.05 Å². The van der Waals surface area contributed by atoms with Gasteiger partial charge in [-0.1, -0.05) is 24.3 Å². The van der Waals surface area contributed by atoms with Crippen molar-refractivity contribution in [3.63, 3.8) is 0 Å². The molecule has 0 saturated carbocycles. The van der Waals surface area contributed by atoms with Gasteiger partial charge in [0.05, 0.1) is 0 Å². The number of guanidine groups is 1. The first-order valence-corrected chi connectivity index (χ1v) is 11.3. The van der Waals surface area contributed by atoms with Crippen molar-refractivity contribution in [3.05, 3.63) is 35.4 Å². The minimum absolute atomic E-state index is 0. The molecule has 1 aromatic rings. The number of nitrogens with zero attached hydrogens (tertiary/aromatic N) is 2. The SMILES string of the molecule is CN=C(NCC1CCCc2ccccc21)NC1CCN(S(=O)(=O)C(F)(F)F)CC1.I. The summed E-state index contributed by atoms with van der Waals surface area (Å²) in [6, 6.07) is 8.30. The van der Waals surface area contributed by atoms with E-state index in [1.165, 1.54) is 11.1 Å². The molecule has 6 nitrogen and oxygen atoms in total. The van der Waals surface area contributed by atoms with Crippen molar-refractivity contribution in [2.75, 3.05) is 26.7 Å². The fourth-order valence-corrected chi connectivity index (χ4v) is 5.05. The van der Waals surface area contributed by atoms with Gasteiger partial charge in [-0.25, -0.2) is 8.42 Å². The summed E-state index contributed by atoms with van der Waals surface area (Å²) < 4.78 is 61.6. The normalized spacial score (nSPS) is 21.5. The number of rotatable bonds is 4. The summed E-state index contributed by atoms with van der Waals surface area (Å²) in [5.41, 5.74) is -2.51. The molecule has 0 spiro atoms. The number of alkyl halides is 3. The highest BCUT2D eigenvalue weighted by atomic mass is 127. The Morgan fingerprint density at radius 1 is 1.20 bits per heavy atom. The molecule has 1 unspecified atom stereocenters. The summed E-state index contributed by atoms with van der Waals surface area (Å²) >= 11 is 0. The van der Waals surface area contributed by atoms with Crippen LogP contribution in [0.4, 0.5) is 13.2 Å². The van der Waals surface area contributed by atoms with Gasteiger partial charge in [0.15, 0.2) is 5.96 Å². The number of hydrogen-bond donors (Lipinski definition) is 2. The number of benzene rings is 1. The highest BCUT2D eigenvalue weighted by Crippen LogP contribution is 2.31. The number of sulfonamides is 1. The molecule has 0 radical (unpaired) electrons. The Bertz CT molecular complexity index is 840. The quantitative estimate of drug-likeness (QED) is 0.337. The van der Waals surface area contributed by atoms with Crippen LogP contribution in [0.3, 0.4) is 0 Å². The number of aryl methyl sites for hydroxylation is 1. The Hall–Kier alpha value is -1.08. The van der Waals surface area contributed by atoms with Gasteiger partial charge in [0.25, 0.3) is 0 Å². The zero-order valence-electron chi connectivity index (χ0n) is 16.8. The number of nitrogens with one attached hydrogen (secondary N) is 2. The van der Waals surface area contributed by atoms with E-state index in [1.807, 2.05) is 6.07 Å². The minimum atomic E-state index is -5.25. The van der Waals surface area contributed by atoms with E-state index in [-0.39, 0.29) is 43.1 Å². The van der Waals surface area contributed by atoms with Crippen LogP contribution in [0.2, 0.25) is 0 Å². The lowest BCUT2D eigenvalue weighted by atomic mass is 9.83. The van der Waals surface area contributed by atoms with E-state index < -0.39 is 15.5 Å². The van der Waals surface area contributed by atoms with Crippen LogP contribution in [-0.2, 0) is 16.4 Å². The Morgan fingerprint density at radius 3 is 2.50 bits per heavy atom. The van der Waals surface area contributed by atoms with Crippen LogP contribution in [0.5, 0.6) is 0 Å². The molecule has 30 heavy (non-hydrogen) atoms. The fraction of sp³-hybridized carbons (Fsp3) is 0.632. The molecule has 1 aliphatic heterocycles. The molecule has 0 amide bonds. The van der Waals surface area contributed by atoms with Crippen molar-refractivity contribution < 1.29 is 21.6 Å². The van der Waals surface area contributed by atoms with Gasteiger partial charge in [0.2, 0.25) is 0 Å². The molecular weight excluding hydrogens is 532 g/mol. The lowest BCUT2D eigenvalue weighted by Crippen LogP contribution is -2.52. The van der Waals surface area contributed by atoms with E-state index in [9.17, 15) is 21.6 Å². The molecule has 1 aromatic carbocycles. The number of hydrogen-bond acceptors (Lipinski definition) is 3. The van der Waals surface area contributed by atoms with Gasteiger partial charge in [0, 0.05) is 38.6 Å². The first kappa shape index (κ1) is 25.2. The largest absolute Gasteiger partial charge is 0.511 e. The molecule has 1 heterocycles. The third-order valence-corrected chi connectivity index (χ3v) is 7.29. The van der Waals surface area contributed by atoms with Crippen molar-refractivity contribution in [3.8, 4) is 0 Å². The van der Waals surface area contributed by atoms with Crippen LogP contribution in [0.15, 0.2) is 29.3 Å². The van der Waals surface area contributed by atoms with E-state index >= 15 is 0 Å². The van der Waals surface area contributed by atoms with Crippen LogP contribution in [0, 0.1) is 0 Å². The summed E-state index contributed by atoms with van der Waals surface area (Å²) in [6.07, 6.45) is 3.92. The maximum atomic E-state index is 12.7. The summed E-state index contributed by atoms with van der Waals surface area (Å²) in [6.45, 7) is 0.400. The number of halogens is 4. The maximum Gasteiger partial charge on any atom is 0.511 e. The van der Waals surface area contributed by atoms with Crippen molar-refractivity contribution in [1.82, 2.24) is 14.9 Å². The molecule has 170 valence electrons. The van der Waals surface area contributed by atoms with Gasteiger partial charge in [-0.15, -0.1) is 24.0 Å². The lowest BCUT2D eigenvalue weighted by Gasteiger charge is -2.33. The number of piperidine rings is 1. The monoisotopic (exact) mass is 560 g/mol. The van der Waals surface area contributed by atoms with Gasteiger partial charge in [-0.2, -0.15) is 17.5 Å². The number of aliphatic imine (C=N–C) groups is 1. The lowest BCUT2D eigenvalue weighted by molar-refractivity contribution is -0.0494. The summed E-state index contributed by atoms with van der Waals surface area (Å²) in [7, 11) is -3.60. The average Bonchev–Trinajstić information content (AvgIpc) is 2.70. The third kappa shape index (κ3) is 5.78. The van der Waals surface area contributed by atoms with Crippen molar-refractivity contribution >= 4 is 40.0 Å². The van der Waals surface area contributed by atoms with Crippen LogP contribution in [-0.4, -0.2) is 56.9 Å². The predicted molar refractivity (Wildman–Crippen MR) is 122 cm³/mol. The first-order valence-electron chi connectivity index (χ1n) is 9.84. The highest BCUT2D eigenvalue weighted by molar-refractivity contribution is 14.0. The van der Waals surface area contributed by atoms with E-state index in [0.29, 0.717) is 29.0 Å². The van der Waals surface area contributed by atoms with Crippen molar-refractivity contribution in [2.24, 2.45) is 4.99 Å². The van der Waals surface area contributed by atoms with Crippen LogP contribution < -0.4 is 10.6 Å². The second kappa shape index (κ2) is 10.5.